The van der Waals surface area contributed by atoms with E-state index in [1.165, 1.54) is 12.1 Å². The molecule has 222 valence electrons. The SMILES string of the molecule is NCCCCC(N)C(=O)NC(Cc1ccc(O)cc1)C(=O)NC(CC(N)=O)C(=O)NC(Cc1ccccc1)C(=O)O. The van der Waals surface area contributed by atoms with E-state index in [2.05, 4.69) is 16.0 Å². The topological polar surface area (TPSA) is 240 Å². The van der Waals surface area contributed by atoms with Crippen LogP contribution in [0.2, 0.25) is 0 Å². The van der Waals surface area contributed by atoms with Gasteiger partial charge in [-0.2, -0.15) is 0 Å². The van der Waals surface area contributed by atoms with Crippen molar-refractivity contribution in [2.45, 2.75) is 62.7 Å². The molecule has 0 bridgehead atoms. The van der Waals surface area contributed by atoms with Gasteiger partial charge in [-0.15, -0.1) is 0 Å². The van der Waals surface area contributed by atoms with Crippen LogP contribution >= 0.6 is 0 Å². The van der Waals surface area contributed by atoms with Crippen molar-refractivity contribution in [3.8, 4) is 5.75 Å². The third-order valence-electron chi connectivity index (χ3n) is 6.25. The third kappa shape index (κ3) is 11.6. The van der Waals surface area contributed by atoms with Crippen LogP contribution in [0.15, 0.2) is 54.6 Å². The van der Waals surface area contributed by atoms with E-state index in [-0.39, 0.29) is 18.6 Å². The van der Waals surface area contributed by atoms with E-state index in [4.69, 9.17) is 17.2 Å². The first-order valence-corrected chi connectivity index (χ1v) is 13.2. The van der Waals surface area contributed by atoms with Gasteiger partial charge in [0, 0.05) is 12.8 Å². The summed E-state index contributed by atoms with van der Waals surface area (Å²) in [6.07, 6.45) is 0.915. The smallest absolute Gasteiger partial charge is 0.326 e. The van der Waals surface area contributed by atoms with E-state index < -0.39 is 60.2 Å². The van der Waals surface area contributed by atoms with Crippen molar-refractivity contribution in [1.29, 1.82) is 0 Å². The lowest BCUT2D eigenvalue weighted by Crippen LogP contribution is -2.58. The highest BCUT2D eigenvalue weighted by atomic mass is 16.4. The Kier molecular flexibility index (Phi) is 13.2. The minimum atomic E-state index is -1.52. The molecule has 4 atom stereocenters. The second-order valence-electron chi connectivity index (χ2n) is 9.64. The molecule has 2 aromatic carbocycles. The zero-order valence-corrected chi connectivity index (χ0v) is 22.6. The molecule has 4 amide bonds. The Bertz CT molecular complexity index is 1180. The number of phenolic OH excluding ortho intramolecular Hbond substituents is 1. The molecule has 2 rings (SSSR count). The van der Waals surface area contributed by atoms with Crippen molar-refractivity contribution in [2.75, 3.05) is 6.54 Å². The molecule has 41 heavy (non-hydrogen) atoms. The Morgan fingerprint density at radius 1 is 0.732 bits per heavy atom. The van der Waals surface area contributed by atoms with Gasteiger partial charge in [0.15, 0.2) is 0 Å². The van der Waals surface area contributed by atoms with Crippen molar-refractivity contribution in [3.05, 3.63) is 65.7 Å². The maximum atomic E-state index is 13.4. The van der Waals surface area contributed by atoms with Crippen molar-refractivity contribution in [3.63, 3.8) is 0 Å². The normalized spacial score (nSPS) is 13.7. The van der Waals surface area contributed by atoms with Gasteiger partial charge in [0.1, 0.15) is 23.9 Å². The molecule has 2 aromatic rings. The number of primary amides is 1. The van der Waals surface area contributed by atoms with Crippen LogP contribution in [-0.4, -0.2) is 70.5 Å². The van der Waals surface area contributed by atoms with Crippen molar-refractivity contribution in [1.82, 2.24) is 16.0 Å². The Labute approximate surface area is 237 Å². The molecule has 0 radical (unpaired) electrons. The minimum absolute atomic E-state index is 0.00222. The van der Waals surface area contributed by atoms with Crippen LogP contribution < -0.4 is 33.2 Å². The van der Waals surface area contributed by atoms with E-state index in [9.17, 15) is 34.2 Å². The lowest BCUT2D eigenvalue weighted by Gasteiger charge is -2.25. The van der Waals surface area contributed by atoms with E-state index in [1.54, 1.807) is 42.5 Å². The van der Waals surface area contributed by atoms with Crippen molar-refractivity contribution >= 4 is 29.6 Å². The number of carboxylic acid groups (broad SMARTS) is 1. The fraction of sp³-hybridized carbons (Fsp3) is 0.393. The first kappa shape index (κ1) is 32.7. The Morgan fingerprint density at radius 2 is 1.27 bits per heavy atom. The molecule has 0 heterocycles. The number of hydrogen-bond acceptors (Lipinski definition) is 8. The van der Waals surface area contributed by atoms with Gasteiger partial charge in [-0.3, -0.25) is 19.2 Å². The molecule has 0 aliphatic carbocycles. The number of nitrogens with two attached hydrogens (primary N) is 3. The highest BCUT2D eigenvalue weighted by Crippen LogP contribution is 2.12. The van der Waals surface area contributed by atoms with Gasteiger partial charge in [-0.25, -0.2) is 4.79 Å². The monoisotopic (exact) mass is 570 g/mol. The van der Waals surface area contributed by atoms with Crippen LogP contribution in [0.25, 0.3) is 0 Å². The molecule has 0 aliphatic heterocycles. The van der Waals surface area contributed by atoms with Gasteiger partial charge in [-0.05, 0) is 42.6 Å². The summed E-state index contributed by atoms with van der Waals surface area (Å²) in [5, 5.41) is 26.6. The first-order valence-electron chi connectivity index (χ1n) is 13.2. The Balaban J connectivity index is 2.22. The molecule has 11 N–H and O–H groups in total. The van der Waals surface area contributed by atoms with Crippen LogP contribution in [0.5, 0.6) is 5.75 Å². The number of unbranched alkanes of at least 4 members (excludes halogenated alkanes) is 1. The van der Waals surface area contributed by atoms with Crippen LogP contribution in [0.3, 0.4) is 0 Å². The van der Waals surface area contributed by atoms with Crippen LogP contribution in [0, 0.1) is 0 Å². The lowest BCUT2D eigenvalue weighted by atomic mass is 10.0. The number of rotatable bonds is 17. The summed E-state index contributed by atoms with van der Waals surface area (Å²) in [6.45, 7) is 0.442. The lowest BCUT2D eigenvalue weighted by molar-refractivity contribution is -0.142. The van der Waals surface area contributed by atoms with E-state index >= 15 is 0 Å². The number of carbonyl (C=O) groups is 5. The minimum Gasteiger partial charge on any atom is -0.508 e. The van der Waals surface area contributed by atoms with Gasteiger partial charge >= 0.3 is 5.97 Å². The van der Waals surface area contributed by atoms with Crippen molar-refractivity contribution < 1.29 is 34.2 Å². The number of amides is 4. The molecular formula is C28H38N6O7. The Hall–Kier alpha value is -4.49. The summed E-state index contributed by atoms with van der Waals surface area (Å²) in [4.78, 5) is 62.8. The zero-order valence-electron chi connectivity index (χ0n) is 22.6. The van der Waals surface area contributed by atoms with Crippen LogP contribution in [0.4, 0.5) is 0 Å². The molecule has 0 fully saturated rings. The summed E-state index contributed by atoms with van der Waals surface area (Å²) in [5.41, 5.74) is 18.0. The number of aromatic hydroxyl groups is 1. The average Bonchev–Trinajstić information content (AvgIpc) is 2.93. The maximum absolute atomic E-state index is 13.4. The molecule has 0 spiro atoms. The standard InChI is InChI=1S/C28H38N6O7/c29-13-5-4-8-20(30)25(37)32-21(14-18-9-11-19(35)12-10-18)26(38)33-22(16-24(31)36)27(39)34-23(28(40)41)15-17-6-2-1-3-7-17/h1-3,6-7,9-12,20-23,35H,4-5,8,13-16,29-30H2,(H2,31,36)(H,32,37)(H,33,38)(H,34,39)(H,40,41). The predicted molar refractivity (Wildman–Crippen MR) is 150 cm³/mol. The van der Waals surface area contributed by atoms with E-state index in [0.29, 0.717) is 36.9 Å². The van der Waals surface area contributed by atoms with Crippen LogP contribution in [-0.2, 0) is 36.8 Å². The number of hydrogen-bond donors (Lipinski definition) is 8. The van der Waals surface area contributed by atoms with Crippen molar-refractivity contribution in [2.24, 2.45) is 17.2 Å². The van der Waals surface area contributed by atoms with E-state index in [0.717, 1.165) is 0 Å². The summed E-state index contributed by atoms with van der Waals surface area (Å²) in [7, 11) is 0. The summed E-state index contributed by atoms with van der Waals surface area (Å²) >= 11 is 0. The number of benzene rings is 2. The van der Waals surface area contributed by atoms with Gasteiger partial charge in [0.2, 0.25) is 23.6 Å². The first-order chi connectivity index (χ1) is 19.5. The van der Waals surface area contributed by atoms with Crippen LogP contribution in [0.1, 0.15) is 36.8 Å². The van der Waals surface area contributed by atoms with Gasteiger partial charge < -0.3 is 43.4 Å². The molecule has 4 unspecified atom stereocenters. The Morgan fingerprint density at radius 3 is 1.85 bits per heavy atom. The van der Waals surface area contributed by atoms with Gasteiger partial charge in [0.25, 0.3) is 0 Å². The number of phenols is 1. The zero-order chi connectivity index (χ0) is 30.4. The quantitative estimate of drug-likeness (QED) is 0.109. The van der Waals surface area contributed by atoms with Gasteiger partial charge in [-0.1, -0.05) is 48.9 Å². The summed E-state index contributed by atoms with van der Waals surface area (Å²) < 4.78 is 0. The largest absolute Gasteiger partial charge is 0.508 e. The second-order valence-corrected chi connectivity index (χ2v) is 9.64. The predicted octanol–water partition coefficient (Wildman–Crippen LogP) is -0.952. The fourth-order valence-electron chi connectivity index (χ4n) is 4.00. The molecule has 0 saturated carbocycles. The number of carbonyl (C=O) groups excluding carboxylic acids is 4. The van der Waals surface area contributed by atoms with E-state index in [1.807, 2.05) is 0 Å². The number of aliphatic carboxylic acids is 1. The number of carboxylic acids is 1. The maximum Gasteiger partial charge on any atom is 0.326 e. The average molecular weight is 571 g/mol. The molecule has 0 aromatic heterocycles. The third-order valence-corrected chi connectivity index (χ3v) is 6.25. The number of nitrogens with one attached hydrogen (secondary N) is 3. The molecule has 13 heteroatoms. The molecular weight excluding hydrogens is 532 g/mol. The fourth-order valence-corrected chi connectivity index (χ4v) is 4.00. The highest BCUT2D eigenvalue weighted by molar-refractivity contribution is 5.96. The van der Waals surface area contributed by atoms with Gasteiger partial charge in [0.05, 0.1) is 12.5 Å². The summed E-state index contributed by atoms with van der Waals surface area (Å²) in [6, 6.07) is 9.50. The molecule has 13 nitrogen and oxygen atoms in total. The second kappa shape index (κ2) is 16.6. The molecule has 0 aliphatic rings. The highest BCUT2D eigenvalue weighted by Gasteiger charge is 2.31. The summed E-state index contributed by atoms with van der Waals surface area (Å²) in [5.74, 6) is -4.59. The molecule has 0 saturated heterocycles.